The molecule has 0 atom stereocenters. The highest BCUT2D eigenvalue weighted by molar-refractivity contribution is 5.83. The molecule has 3 rings (SSSR count). The van der Waals surface area contributed by atoms with Crippen LogP contribution in [0.15, 0.2) is 6.33 Å². The van der Waals surface area contributed by atoms with E-state index in [1.54, 1.807) is 15.9 Å². The molecule has 2 N–H and O–H groups in total. The zero-order valence-electron chi connectivity index (χ0n) is 11.5. The quantitative estimate of drug-likeness (QED) is 0.652. The van der Waals surface area contributed by atoms with Crippen LogP contribution in [0.3, 0.4) is 0 Å². The predicted octanol–water partition coefficient (Wildman–Crippen LogP) is 1.25. The van der Waals surface area contributed by atoms with Gasteiger partial charge in [-0.2, -0.15) is 15.2 Å². The van der Waals surface area contributed by atoms with E-state index in [1.165, 1.54) is 19.3 Å². The summed E-state index contributed by atoms with van der Waals surface area (Å²) >= 11 is 0. The second kappa shape index (κ2) is 5.06. The van der Waals surface area contributed by atoms with Gasteiger partial charge in [-0.1, -0.05) is 19.3 Å². The number of hydrogen-bond acceptors (Lipinski definition) is 6. The average Bonchev–Trinajstić information content (AvgIpc) is 2.88. The van der Waals surface area contributed by atoms with Crippen molar-refractivity contribution in [1.82, 2.24) is 19.5 Å². The third kappa shape index (κ3) is 2.08. The van der Waals surface area contributed by atoms with E-state index in [-0.39, 0.29) is 11.9 Å². The van der Waals surface area contributed by atoms with Crippen molar-refractivity contribution < 1.29 is 0 Å². The SMILES string of the molecule is Cn1cnc2c(N(N)C3CCCCC3)nc(C#N)nc21. The molecule has 0 unspecified atom stereocenters. The van der Waals surface area contributed by atoms with Gasteiger partial charge in [-0.05, 0) is 12.8 Å². The second-order valence-electron chi connectivity index (χ2n) is 5.21. The van der Waals surface area contributed by atoms with Crippen molar-refractivity contribution in [2.45, 2.75) is 38.1 Å². The summed E-state index contributed by atoms with van der Waals surface area (Å²) in [5, 5.41) is 10.8. The first-order valence-corrected chi connectivity index (χ1v) is 6.84. The van der Waals surface area contributed by atoms with Gasteiger partial charge in [-0.25, -0.2) is 10.8 Å². The van der Waals surface area contributed by atoms with Gasteiger partial charge in [0.05, 0.1) is 6.33 Å². The Bertz CT molecular complexity index is 663. The van der Waals surface area contributed by atoms with Crippen LogP contribution in [-0.4, -0.2) is 25.6 Å². The lowest BCUT2D eigenvalue weighted by atomic mass is 9.95. The summed E-state index contributed by atoms with van der Waals surface area (Å²) in [4.78, 5) is 12.8. The van der Waals surface area contributed by atoms with E-state index >= 15 is 0 Å². The topological polar surface area (TPSA) is 96.6 Å². The summed E-state index contributed by atoms with van der Waals surface area (Å²) in [6.07, 6.45) is 7.39. The van der Waals surface area contributed by atoms with E-state index in [1.807, 2.05) is 13.1 Å². The molecule has 1 fully saturated rings. The van der Waals surface area contributed by atoms with Crippen LogP contribution in [0.25, 0.3) is 11.2 Å². The monoisotopic (exact) mass is 271 g/mol. The van der Waals surface area contributed by atoms with E-state index < -0.39 is 0 Å². The van der Waals surface area contributed by atoms with Crippen LogP contribution in [0, 0.1) is 11.3 Å². The molecule has 104 valence electrons. The van der Waals surface area contributed by atoms with Crippen molar-refractivity contribution >= 4 is 17.0 Å². The predicted molar refractivity (Wildman–Crippen MR) is 74.6 cm³/mol. The number of nitrogens with two attached hydrogens (primary N) is 1. The lowest BCUT2D eigenvalue weighted by Gasteiger charge is -2.31. The molecular weight excluding hydrogens is 254 g/mol. The fourth-order valence-corrected chi connectivity index (χ4v) is 2.75. The van der Waals surface area contributed by atoms with E-state index in [2.05, 4.69) is 15.0 Å². The van der Waals surface area contributed by atoms with Gasteiger partial charge in [-0.15, -0.1) is 0 Å². The molecular formula is C13H17N7. The Morgan fingerprint density at radius 2 is 2.10 bits per heavy atom. The third-order valence-corrected chi connectivity index (χ3v) is 3.85. The van der Waals surface area contributed by atoms with Crippen LogP contribution in [-0.2, 0) is 7.05 Å². The summed E-state index contributed by atoms with van der Waals surface area (Å²) in [5.41, 5.74) is 1.29. The third-order valence-electron chi connectivity index (χ3n) is 3.85. The Morgan fingerprint density at radius 3 is 2.80 bits per heavy atom. The number of rotatable bonds is 2. The maximum atomic E-state index is 9.08. The molecule has 0 bridgehead atoms. The Hall–Kier alpha value is -2.20. The first-order valence-electron chi connectivity index (χ1n) is 6.84. The number of anilines is 1. The van der Waals surface area contributed by atoms with E-state index in [0.717, 1.165) is 12.8 Å². The van der Waals surface area contributed by atoms with Crippen LogP contribution in [0.4, 0.5) is 5.82 Å². The molecule has 0 saturated heterocycles. The van der Waals surface area contributed by atoms with Crippen LogP contribution in [0.2, 0.25) is 0 Å². The van der Waals surface area contributed by atoms with Gasteiger partial charge in [0, 0.05) is 13.1 Å². The van der Waals surface area contributed by atoms with Crippen LogP contribution >= 0.6 is 0 Å². The summed E-state index contributed by atoms with van der Waals surface area (Å²) < 4.78 is 1.77. The number of aromatic nitrogens is 4. The van der Waals surface area contributed by atoms with Gasteiger partial charge in [-0.3, -0.25) is 5.01 Å². The minimum Gasteiger partial charge on any atom is -0.318 e. The summed E-state index contributed by atoms with van der Waals surface area (Å²) in [6.45, 7) is 0. The molecule has 1 aliphatic rings. The molecule has 2 aromatic rings. The minimum absolute atomic E-state index is 0.127. The molecule has 0 amide bonds. The van der Waals surface area contributed by atoms with Gasteiger partial charge in [0.25, 0.3) is 0 Å². The highest BCUT2D eigenvalue weighted by Gasteiger charge is 2.23. The molecule has 20 heavy (non-hydrogen) atoms. The van der Waals surface area contributed by atoms with Gasteiger partial charge < -0.3 is 4.57 Å². The van der Waals surface area contributed by atoms with Gasteiger partial charge in [0.2, 0.25) is 5.82 Å². The molecule has 2 aromatic heterocycles. The average molecular weight is 271 g/mol. The normalized spacial score (nSPS) is 16.2. The second-order valence-corrected chi connectivity index (χ2v) is 5.21. The minimum atomic E-state index is 0.127. The first kappa shape index (κ1) is 12.8. The molecule has 7 nitrogen and oxygen atoms in total. The van der Waals surface area contributed by atoms with Crippen LogP contribution < -0.4 is 10.9 Å². The number of imidazole rings is 1. The molecule has 7 heteroatoms. The Balaban J connectivity index is 2.07. The number of nitrogens with zero attached hydrogens (tertiary/aromatic N) is 6. The fourth-order valence-electron chi connectivity index (χ4n) is 2.75. The first-order chi connectivity index (χ1) is 9.70. The molecule has 0 aromatic carbocycles. The van der Waals surface area contributed by atoms with Crippen molar-refractivity contribution in [3.8, 4) is 6.07 Å². The van der Waals surface area contributed by atoms with Crippen molar-refractivity contribution in [1.29, 1.82) is 5.26 Å². The van der Waals surface area contributed by atoms with Gasteiger partial charge in [0.15, 0.2) is 17.0 Å². The Labute approximate surface area is 117 Å². The maximum absolute atomic E-state index is 9.08. The van der Waals surface area contributed by atoms with E-state index in [0.29, 0.717) is 17.0 Å². The largest absolute Gasteiger partial charge is 0.318 e. The van der Waals surface area contributed by atoms with Crippen molar-refractivity contribution in [3.63, 3.8) is 0 Å². The van der Waals surface area contributed by atoms with Crippen molar-refractivity contribution in [2.24, 2.45) is 12.9 Å². The zero-order chi connectivity index (χ0) is 14.1. The summed E-state index contributed by atoms with van der Waals surface area (Å²) in [6, 6.07) is 2.25. The Kier molecular flexibility index (Phi) is 3.24. The molecule has 2 heterocycles. The molecule has 1 saturated carbocycles. The highest BCUT2D eigenvalue weighted by Crippen LogP contribution is 2.27. The van der Waals surface area contributed by atoms with E-state index in [9.17, 15) is 0 Å². The molecule has 0 radical (unpaired) electrons. The number of aryl methyl sites for hydroxylation is 1. The lowest BCUT2D eigenvalue weighted by molar-refractivity contribution is 0.416. The van der Waals surface area contributed by atoms with E-state index in [4.69, 9.17) is 11.1 Å². The number of fused-ring (bicyclic) bond motifs is 1. The van der Waals surface area contributed by atoms with Crippen LogP contribution in [0.5, 0.6) is 0 Å². The van der Waals surface area contributed by atoms with Gasteiger partial charge >= 0.3 is 0 Å². The van der Waals surface area contributed by atoms with Crippen molar-refractivity contribution in [2.75, 3.05) is 5.01 Å². The van der Waals surface area contributed by atoms with Crippen LogP contribution in [0.1, 0.15) is 37.9 Å². The molecule has 0 spiro atoms. The zero-order valence-corrected chi connectivity index (χ0v) is 11.5. The van der Waals surface area contributed by atoms with Crippen molar-refractivity contribution in [3.05, 3.63) is 12.2 Å². The lowest BCUT2D eigenvalue weighted by Crippen LogP contribution is -2.43. The number of nitriles is 1. The highest BCUT2D eigenvalue weighted by atomic mass is 15.5. The smallest absolute Gasteiger partial charge is 0.236 e. The van der Waals surface area contributed by atoms with Gasteiger partial charge in [0.1, 0.15) is 6.07 Å². The fraction of sp³-hybridized carbons (Fsp3) is 0.538. The number of hydrazine groups is 1. The number of hydrogen-bond donors (Lipinski definition) is 1. The summed E-state index contributed by atoms with van der Waals surface area (Å²) in [5.74, 6) is 6.93. The molecule has 0 aliphatic heterocycles. The molecule has 1 aliphatic carbocycles. The Morgan fingerprint density at radius 1 is 1.35 bits per heavy atom. The standard InChI is InChI=1S/C13H17N7/c1-19-8-16-11-12(19)17-10(7-14)18-13(11)20(15)9-5-3-2-4-6-9/h8-9H,2-6,15H2,1H3. The maximum Gasteiger partial charge on any atom is 0.236 e. The summed E-state index contributed by atoms with van der Waals surface area (Å²) in [7, 11) is 1.84.